The molecule has 0 bridgehead atoms. The lowest BCUT2D eigenvalue weighted by atomic mass is 9.92. The third kappa shape index (κ3) is 44.2. The van der Waals surface area contributed by atoms with Crippen molar-refractivity contribution in [3.8, 4) is 0 Å². The number of aliphatic hydroxyl groups excluding tert-OH is 9. The fourth-order valence-corrected chi connectivity index (χ4v) is 12.9. The van der Waals surface area contributed by atoms with Crippen LogP contribution in [0.3, 0.4) is 0 Å². The van der Waals surface area contributed by atoms with Crippen LogP contribution in [0.25, 0.3) is 0 Å². The highest BCUT2D eigenvalue weighted by atomic mass is 16.7. The molecule has 0 aliphatic carbocycles. The second-order valence-electron chi connectivity index (χ2n) is 30.0. The monoisotopic (exact) mass is 1620 g/mol. The van der Waals surface area contributed by atoms with Gasteiger partial charge in [0, 0.05) is 143 Å². The molecule has 3 aliphatic rings. The number of unbranched alkanes of at least 4 members (excludes halogenated alkanes) is 10. The maximum absolute atomic E-state index is 14.0. The highest BCUT2D eigenvalue weighted by Crippen LogP contribution is 2.28. The van der Waals surface area contributed by atoms with Crippen LogP contribution in [0, 0.1) is 5.92 Å². The van der Waals surface area contributed by atoms with Crippen molar-refractivity contribution in [1.82, 2.24) is 31.9 Å². The second kappa shape index (κ2) is 60.3. The van der Waals surface area contributed by atoms with Gasteiger partial charge in [-0.3, -0.25) is 47.9 Å². The fraction of sp³-hybridized carbons (Fsp3) is 0.872. The number of carbonyl (C=O) groups excluding carboxylic acids is 10. The number of amides is 6. The zero-order chi connectivity index (χ0) is 83.4. The molecule has 113 heavy (non-hydrogen) atoms. The van der Waals surface area contributed by atoms with E-state index in [0.717, 1.165) is 25.7 Å². The lowest BCUT2D eigenvalue weighted by molar-refractivity contribution is -0.282. The van der Waals surface area contributed by atoms with Crippen molar-refractivity contribution in [3.05, 3.63) is 0 Å². The van der Waals surface area contributed by atoms with Crippen molar-refractivity contribution in [1.29, 1.82) is 0 Å². The summed E-state index contributed by atoms with van der Waals surface area (Å²) in [5, 5.41) is 107. The van der Waals surface area contributed by atoms with Crippen LogP contribution in [0.2, 0.25) is 0 Å². The van der Waals surface area contributed by atoms with E-state index in [1.807, 2.05) is 13.8 Å². The van der Waals surface area contributed by atoms with Crippen LogP contribution in [0.4, 0.5) is 0 Å². The topological polar surface area (TPSA) is 517 Å². The van der Waals surface area contributed by atoms with E-state index in [1.165, 1.54) is 13.8 Å². The van der Waals surface area contributed by atoms with Gasteiger partial charge >= 0.3 is 0 Å². The van der Waals surface area contributed by atoms with Crippen LogP contribution in [0.5, 0.6) is 0 Å². The van der Waals surface area contributed by atoms with E-state index in [4.69, 9.17) is 47.4 Å². The number of ether oxygens (including phenoxy) is 10. The molecule has 0 aromatic carbocycles. The van der Waals surface area contributed by atoms with Gasteiger partial charge in [0.25, 0.3) is 0 Å². The summed E-state index contributed by atoms with van der Waals surface area (Å²) in [6, 6.07) is -2.16. The minimum absolute atomic E-state index is 0.0155. The van der Waals surface area contributed by atoms with Crippen LogP contribution in [0.1, 0.15) is 227 Å². The Morgan fingerprint density at radius 2 is 0.681 bits per heavy atom. The van der Waals surface area contributed by atoms with Gasteiger partial charge in [0.15, 0.2) is 18.9 Å². The van der Waals surface area contributed by atoms with Crippen molar-refractivity contribution < 1.29 is 141 Å². The van der Waals surface area contributed by atoms with E-state index in [1.54, 1.807) is 6.92 Å². The lowest BCUT2D eigenvalue weighted by Crippen LogP contribution is -2.64. The molecule has 7 unspecified atom stereocenters. The van der Waals surface area contributed by atoms with E-state index in [9.17, 15) is 93.9 Å². The summed E-state index contributed by atoms with van der Waals surface area (Å²) >= 11 is 0. The van der Waals surface area contributed by atoms with Gasteiger partial charge in [-0.2, -0.15) is 0 Å². The number of hydrogen-bond acceptors (Lipinski definition) is 29. The SMILES string of the molecule is CC(=O)N[C@H]1C(O)[C@@H](O)C(CO)O[C@H]1OCCCCC(=O)CCCCCC(=O)CCOCC(COCCC(=O)CCCCCC(=O)CCCCO[C@@H]1OC(CO)[C@H](O)C(O)[C@@H]1C)(COCCC(=O)NCCCNC(=O)CCCCO[C@@H]1OC(CO)[C@H](O)C(O)[C@@H]1NC(C)=O)NC(=O)CCCC(=O)NCCCCCCOC(C)C. The molecule has 654 valence electrons. The Morgan fingerprint density at radius 3 is 1.11 bits per heavy atom. The standard InChI is InChI=1S/C78H138N6O29/c1-52(2)107-39-18-7-6-17-36-79-64(95)31-22-32-66(97)84-78(49-104-43-33-58(92)26-12-8-10-24-56(90)28-14-19-40-108-75-53(3)69(98)70(99)60(46-85)111-75,50-105-44-34-59(93)27-13-9-11-25-57(91)29-15-20-41-109-76-67(82-54(4)88)73(102)71(100)61(47-86)112-76)51-106-45-35-65(96)81-38-23-37-80-63(94)30-16-21-42-110-77-68(83-55(5)89)74(103)72(101)62(48-87)113-77/h52-53,60-62,67-77,85-87,98-103H,6-51H2,1-5H3,(H,79,95)(H,80,94)(H,81,96)(H,82,88)(H,83,89)(H,84,97)/t53-,60?,61?,62?,67-,68-,69?,70-,71-,72-,73?,74?,75+,76+,77+,78?/m0/s1. The smallest absolute Gasteiger partial charge is 0.222 e. The highest BCUT2D eigenvalue weighted by Gasteiger charge is 2.47. The minimum atomic E-state index is -1.46. The zero-order valence-corrected chi connectivity index (χ0v) is 67.5. The number of Topliss-reactive ketones (excluding diaryl/α,β-unsaturated/α-hetero) is 4. The van der Waals surface area contributed by atoms with E-state index >= 15 is 0 Å². The van der Waals surface area contributed by atoms with Gasteiger partial charge in [-0.05, 0) is 104 Å². The Labute approximate surface area is 665 Å². The van der Waals surface area contributed by atoms with Gasteiger partial charge in [0.05, 0.1) is 71.7 Å². The molecule has 16 atom stereocenters. The molecule has 3 saturated heterocycles. The van der Waals surface area contributed by atoms with Crippen LogP contribution < -0.4 is 31.9 Å². The van der Waals surface area contributed by atoms with Gasteiger partial charge < -0.3 is 125 Å². The first-order valence-corrected chi connectivity index (χ1v) is 40.9. The molecule has 35 nitrogen and oxygen atoms in total. The van der Waals surface area contributed by atoms with E-state index < -0.39 is 135 Å². The normalized spacial score (nSPS) is 24.3. The summed E-state index contributed by atoms with van der Waals surface area (Å²) in [4.78, 5) is 128. The van der Waals surface area contributed by atoms with Crippen LogP contribution in [-0.4, -0.2) is 308 Å². The molecule has 3 fully saturated rings. The predicted octanol–water partition coefficient (Wildman–Crippen LogP) is 0.656. The van der Waals surface area contributed by atoms with Crippen LogP contribution in [-0.2, 0) is 95.3 Å². The molecule has 3 heterocycles. The van der Waals surface area contributed by atoms with Gasteiger partial charge in [0.1, 0.15) is 89.6 Å². The van der Waals surface area contributed by atoms with Gasteiger partial charge in [-0.15, -0.1) is 0 Å². The number of hydrogen-bond donors (Lipinski definition) is 15. The molecule has 0 aromatic heterocycles. The van der Waals surface area contributed by atoms with Crippen molar-refractivity contribution in [3.63, 3.8) is 0 Å². The molecule has 3 aliphatic heterocycles. The third-order valence-corrected chi connectivity index (χ3v) is 19.6. The Kier molecular flexibility index (Phi) is 54.3. The van der Waals surface area contributed by atoms with Crippen LogP contribution in [0.15, 0.2) is 0 Å². The van der Waals surface area contributed by atoms with Gasteiger partial charge in [-0.25, -0.2) is 0 Å². The van der Waals surface area contributed by atoms with Crippen molar-refractivity contribution in [2.24, 2.45) is 5.92 Å². The molecule has 0 radical (unpaired) electrons. The van der Waals surface area contributed by atoms with Gasteiger partial charge in [-0.1, -0.05) is 32.6 Å². The third-order valence-electron chi connectivity index (χ3n) is 19.6. The maximum atomic E-state index is 14.0. The quantitative estimate of drug-likeness (QED) is 0.0372. The molecular formula is C78H138N6O29. The number of nitrogens with one attached hydrogen (secondary N) is 6. The Bertz CT molecular complexity index is 2600. The Hall–Kier alpha value is -5.26. The number of rotatable bonds is 67. The average Bonchev–Trinajstić information content (AvgIpc) is 0.708. The number of carbonyl (C=O) groups is 10. The molecule has 6 amide bonds. The highest BCUT2D eigenvalue weighted by molar-refractivity contribution is 5.81. The van der Waals surface area contributed by atoms with E-state index in [2.05, 4.69) is 31.9 Å². The molecule has 0 aromatic rings. The Morgan fingerprint density at radius 1 is 0.354 bits per heavy atom. The summed E-state index contributed by atoms with van der Waals surface area (Å²) in [6.07, 6.45) is -1.97. The molecule has 35 heteroatoms. The predicted molar refractivity (Wildman–Crippen MR) is 407 cm³/mol. The van der Waals surface area contributed by atoms with Crippen molar-refractivity contribution in [2.75, 3.05) is 106 Å². The molecule has 0 saturated carbocycles. The summed E-state index contributed by atoms with van der Waals surface area (Å²) < 4.78 is 58.0. The molecule has 3 rings (SSSR count). The van der Waals surface area contributed by atoms with E-state index in [-0.39, 0.29) is 184 Å². The summed E-state index contributed by atoms with van der Waals surface area (Å²) in [6.45, 7) is 7.65. The first kappa shape index (κ1) is 102. The van der Waals surface area contributed by atoms with Crippen LogP contribution >= 0.6 is 0 Å². The number of aliphatic hydroxyl groups is 9. The maximum Gasteiger partial charge on any atom is 0.222 e. The Balaban J connectivity index is 1.57. The molecular weight excluding hydrogens is 1480 g/mol. The zero-order valence-electron chi connectivity index (χ0n) is 67.5. The molecule has 15 N–H and O–H groups in total. The average molecular weight is 1620 g/mol. The molecule has 0 spiro atoms. The fourth-order valence-electron chi connectivity index (χ4n) is 12.9. The second-order valence-corrected chi connectivity index (χ2v) is 30.0. The van der Waals surface area contributed by atoms with Crippen molar-refractivity contribution >= 4 is 58.6 Å². The summed E-state index contributed by atoms with van der Waals surface area (Å²) in [5.41, 5.74) is -1.43. The summed E-state index contributed by atoms with van der Waals surface area (Å²) in [7, 11) is 0. The summed E-state index contributed by atoms with van der Waals surface area (Å²) in [5.74, 6) is -2.85. The van der Waals surface area contributed by atoms with Gasteiger partial charge in [0.2, 0.25) is 35.4 Å². The largest absolute Gasteiger partial charge is 0.394 e. The van der Waals surface area contributed by atoms with E-state index in [0.29, 0.717) is 116 Å². The first-order chi connectivity index (χ1) is 54.1. The number of ketones is 4. The minimum Gasteiger partial charge on any atom is -0.394 e. The lowest BCUT2D eigenvalue weighted by Gasteiger charge is -2.42. The van der Waals surface area contributed by atoms with Crippen molar-refractivity contribution in [2.45, 2.75) is 325 Å². The first-order valence-electron chi connectivity index (χ1n) is 40.9.